The Morgan fingerprint density at radius 1 is 1.21 bits per heavy atom. The van der Waals surface area contributed by atoms with E-state index in [0.717, 1.165) is 16.8 Å². The van der Waals surface area contributed by atoms with Gasteiger partial charge in [0.05, 0.1) is 11.8 Å². The van der Waals surface area contributed by atoms with Crippen LogP contribution >= 0.6 is 0 Å². The van der Waals surface area contributed by atoms with Crippen LogP contribution in [-0.4, -0.2) is 16.6 Å². The van der Waals surface area contributed by atoms with Crippen molar-refractivity contribution in [3.8, 4) is 0 Å². The van der Waals surface area contributed by atoms with Crippen LogP contribution in [0, 0.1) is 6.92 Å². The van der Waals surface area contributed by atoms with Crippen LogP contribution in [0.5, 0.6) is 0 Å². The normalized spacial score (nSPS) is 14.1. The van der Waals surface area contributed by atoms with Crippen LogP contribution in [0.3, 0.4) is 0 Å². The summed E-state index contributed by atoms with van der Waals surface area (Å²) in [5.74, 6) is 0. The Labute approximate surface area is 114 Å². The molecule has 2 N–H and O–H groups in total. The fourth-order valence-electron chi connectivity index (χ4n) is 2.02. The fraction of sp³-hybridized carbons (Fsp3) is 0.312. The van der Waals surface area contributed by atoms with Gasteiger partial charge in [0.2, 0.25) is 0 Å². The summed E-state index contributed by atoms with van der Waals surface area (Å²) in [6.07, 6.45) is 1.29. The van der Waals surface area contributed by atoms with Crippen molar-refractivity contribution >= 4 is 0 Å². The Balaban J connectivity index is 1.92. The molecule has 2 unspecified atom stereocenters. The summed E-state index contributed by atoms with van der Waals surface area (Å²) < 4.78 is 0. The molecule has 0 saturated heterocycles. The van der Waals surface area contributed by atoms with E-state index < -0.39 is 6.10 Å². The van der Waals surface area contributed by atoms with Crippen molar-refractivity contribution < 1.29 is 5.11 Å². The third-order valence-corrected chi connectivity index (χ3v) is 3.18. The molecule has 2 atom stereocenters. The van der Waals surface area contributed by atoms with E-state index >= 15 is 0 Å². The van der Waals surface area contributed by atoms with Crippen LogP contribution in [0.2, 0.25) is 0 Å². The molecular formula is C16H20N2O. The van der Waals surface area contributed by atoms with Crippen LogP contribution < -0.4 is 5.32 Å². The lowest BCUT2D eigenvalue weighted by atomic mass is 10.1. The van der Waals surface area contributed by atoms with Gasteiger partial charge in [-0.1, -0.05) is 35.9 Å². The third kappa shape index (κ3) is 3.88. The molecule has 0 radical (unpaired) electrons. The van der Waals surface area contributed by atoms with Crippen molar-refractivity contribution in [3.63, 3.8) is 0 Å². The van der Waals surface area contributed by atoms with Crippen molar-refractivity contribution in [3.05, 3.63) is 65.5 Å². The van der Waals surface area contributed by atoms with Crippen LogP contribution in [0.4, 0.5) is 0 Å². The summed E-state index contributed by atoms with van der Waals surface area (Å²) in [4.78, 5) is 4.30. The Morgan fingerprint density at radius 3 is 2.74 bits per heavy atom. The van der Waals surface area contributed by atoms with E-state index in [4.69, 9.17) is 0 Å². The second-order valence-corrected chi connectivity index (χ2v) is 4.81. The van der Waals surface area contributed by atoms with Gasteiger partial charge in [0.25, 0.3) is 0 Å². The number of nitrogens with zero attached hydrogens (tertiary/aromatic N) is 1. The number of nitrogens with one attached hydrogen (secondary N) is 1. The van der Waals surface area contributed by atoms with Crippen LogP contribution in [0.1, 0.15) is 35.9 Å². The molecule has 0 saturated carbocycles. The average Bonchev–Trinajstić information content (AvgIpc) is 2.45. The van der Waals surface area contributed by atoms with Crippen molar-refractivity contribution in [2.24, 2.45) is 0 Å². The fourth-order valence-corrected chi connectivity index (χ4v) is 2.02. The minimum atomic E-state index is -0.494. The molecule has 19 heavy (non-hydrogen) atoms. The standard InChI is InChI=1S/C16H20N2O/c1-12-6-5-7-14(10-12)16(19)11-18-13(2)15-8-3-4-9-17-15/h3-10,13,16,18-19H,11H2,1-2H3. The second kappa shape index (κ2) is 6.45. The molecule has 3 nitrogen and oxygen atoms in total. The summed E-state index contributed by atoms with van der Waals surface area (Å²) in [7, 11) is 0. The highest BCUT2D eigenvalue weighted by molar-refractivity contribution is 5.24. The second-order valence-electron chi connectivity index (χ2n) is 4.81. The van der Waals surface area contributed by atoms with Crippen molar-refractivity contribution in [2.45, 2.75) is 26.0 Å². The van der Waals surface area contributed by atoms with E-state index in [2.05, 4.69) is 10.3 Å². The summed E-state index contributed by atoms with van der Waals surface area (Å²) >= 11 is 0. The zero-order valence-electron chi connectivity index (χ0n) is 11.4. The lowest BCUT2D eigenvalue weighted by molar-refractivity contribution is 0.170. The molecule has 0 amide bonds. The highest BCUT2D eigenvalue weighted by Gasteiger charge is 2.11. The molecule has 100 valence electrons. The quantitative estimate of drug-likeness (QED) is 0.864. The molecule has 1 aromatic carbocycles. The molecule has 1 aromatic heterocycles. The molecule has 2 rings (SSSR count). The smallest absolute Gasteiger partial charge is 0.0914 e. The average molecular weight is 256 g/mol. The van der Waals surface area contributed by atoms with E-state index in [1.807, 2.05) is 56.3 Å². The third-order valence-electron chi connectivity index (χ3n) is 3.18. The summed E-state index contributed by atoms with van der Waals surface area (Å²) in [6, 6.07) is 13.9. The van der Waals surface area contributed by atoms with E-state index in [0.29, 0.717) is 6.54 Å². The van der Waals surface area contributed by atoms with E-state index in [1.165, 1.54) is 0 Å². The van der Waals surface area contributed by atoms with Gasteiger partial charge in [-0.15, -0.1) is 0 Å². The van der Waals surface area contributed by atoms with Gasteiger partial charge in [-0.3, -0.25) is 4.98 Å². The Bertz CT molecular complexity index is 513. The van der Waals surface area contributed by atoms with Crippen molar-refractivity contribution in [1.82, 2.24) is 10.3 Å². The maximum Gasteiger partial charge on any atom is 0.0914 e. The first-order chi connectivity index (χ1) is 9.16. The lowest BCUT2D eigenvalue weighted by Gasteiger charge is -2.17. The zero-order chi connectivity index (χ0) is 13.7. The van der Waals surface area contributed by atoms with Crippen molar-refractivity contribution in [1.29, 1.82) is 0 Å². The minimum absolute atomic E-state index is 0.126. The first kappa shape index (κ1) is 13.7. The number of benzene rings is 1. The van der Waals surface area contributed by atoms with Gasteiger partial charge < -0.3 is 10.4 Å². The van der Waals surface area contributed by atoms with E-state index in [-0.39, 0.29) is 6.04 Å². The summed E-state index contributed by atoms with van der Waals surface area (Å²) in [5, 5.41) is 13.5. The monoisotopic (exact) mass is 256 g/mol. The predicted molar refractivity (Wildman–Crippen MR) is 76.8 cm³/mol. The van der Waals surface area contributed by atoms with Gasteiger partial charge in [-0.05, 0) is 31.5 Å². The van der Waals surface area contributed by atoms with Gasteiger partial charge in [-0.25, -0.2) is 0 Å². The molecule has 2 aromatic rings. The van der Waals surface area contributed by atoms with Crippen LogP contribution in [0.15, 0.2) is 48.7 Å². The molecule has 3 heteroatoms. The van der Waals surface area contributed by atoms with Crippen LogP contribution in [0.25, 0.3) is 0 Å². The first-order valence-corrected chi connectivity index (χ1v) is 6.56. The molecule has 0 aliphatic carbocycles. The molecule has 0 fully saturated rings. The molecular weight excluding hydrogens is 236 g/mol. The van der Waals surface area contributed by atoms with Gasteiger partial charge in [0, 0.05) is 18.8 Å². The number of hydrogen-bond donors (Lipinski definition) is 2. The molecule has 0 aliphatic heterocycles. The maximum absolute atomic E-state index is 10.2. The van der Waals surface area contributed by atoms with Gasteiger partial charge in [-0.2, -0.15) is 0 Å². The molecule has 0 spiro atoms. The Hall–Kier alpha value is -1.71. The van der Waals surface area contributed by atoms with Gasteiger partial charge in [0.1, 0.15) is 0 Å². The summed E-state index contributed by atoms with van der Waals surface area (Å²) in [6.45, 7) is 4.59. The highest BCUT2D eigenvalue weighted by atomic mass is 16.3. The number of hydrogen-bond acceptors (Lipinski definition) is 3. The van der Waals surface area contributed by atoms with E-state index in [1.54, 1.807) is 6.20 Å². The summed E-state index contributed by atoms with van der Waals surface area (Å²) in [5.41, 5.74) is 3.09. The maximum atomic E-state index is 10.2. The van der Waals surface area contributed by atoms with Crippen molar-refractivity contribution in [2.75, 3.05) is 6.54 Å². The highest BCUT2D eigenvalue weighted by Crippen LogP contribution is 2.15. The SMILES string of the molecule is Cc1cccc(C(O)CNC(C)c2ccccn2)c1. The molecule has 0 bridgehead atoms. The van der Waals surface area contributed by atoms with Crippen LogP contribution in [-0.2, 0) is 0 Å². The van der Waals surface area contributed by atoms with Gasteiger partial charge >= 0.3 is 0 Å². The largest absolute Gasteiger partial charge is 0.387 e. The molecule has 1 heterocycles. The lowest BCUT2D eigenvalue weighted by Crippen LogP contribution is -2.25. The predicted octanol–water partition coefficient (Wildman–Crippen LogP) is 2.77. The number of aliphatic hydroxyl groups excluding tert-OH is 1. The van der Waals surface area contributed by atoms with Gasteiger partial charge in [0.15, 0.2) is 0 Å². The Kier molecular flexibility index (Phi) is 4.66. The number of aliphatic hydroxyl groups is 1. The number of rotatable bonds is 5. The number of aryl methyl sites for hydroxylation is 1. The number of pyridine rings is 1. The Morgan fingerprint density at radius 2 is 2.05 bits per heavy atom. The number of aromatic nitrogens is 1. The topological polar surface area (TPSA) is 45.1 Å². The zero-order valence-corrected chi connectivity index (χ0v) is 11.4. The molecule has 0 aliphatic rings. The van der Waals surface area contributed by atoms with E-state index in [9.17, 15) is 5.11 Å². The minimum Gasteiger partial charge on any atom is -0.387 e. The first-order valence-electron chi connectivity index (χ1n) is 6.56.